The van der Waals surface area contributed by atoms with Crippen molar-refractivity contribution in [2.75, 3.05) is 12.8 Å². The number of aromatic nitrogens is 5. The minimum atomic E-state index is 0.343. The molecule has 96 valence electrons. The molecule has 7 nitrogen and oxygen atoms in total. The second kappa shape index (κ2) is 4.99. The highest BCUT2D eigenvalue weighted by atomic mass is 16.5. The fraction of sp³-hybridized carbons (Fsp3) is 0.455. The summed E-state index contributed by atoms with van der Waals surface area (Å²) in [7, 11) is 1.52. The standard InChI is InChI=1S/C11H16N6O/c1-4-7-15-8(5-2)17(16-7)10-9(12)11(18-3)14-6-13-10/h6H,4-5,12H2,1-3H3. The summed E-state index contributed by atoms with van der Waals surface area (Å²) in [6.45, 7) is 4.01. The predicted molar refractivity (Wildman–Crippen MR) is 66.7 cm³/mol. The number of rotatable bonds is 4. The quantitative estimate of drug-likeness (QED) is 0.859. The van der Waals surface area contributed by atoms with Gasteiger partial charge in [0.25, 0.3) is 0 Å². The van der Waals surface area contributed by atoms with Crippen LogP contribution < -0.4 is 10.5 Å². The van der Waals surface area contributed by atoms with Crippen molar-refractivity contribution >= 4 is 5.69 Å². The van der Waals surface area contributed by atoms with Crippen molar-refractivity contribution in [2.24, 2.45) is 0 Å². The molecule has 0 unspecified atom stereocenters. The second-order valence-corrected chi connectivity index (χ2v) is 3.68. The van der Waals surface area contributed by atoms with Crippen molar-refractivity contribution in [3.05, 3.63) is 18.0 Å². The number of hydrogen-bond acceptors (Lipinski definition) is 6. The van der Waals surface area contributed by atoms with Gasteiger partial charge in [-0.2, -0.15) is 9.67 Å². The van der Waals surface area contributed by atoms with Gasteiger partial charge in [-0.15, -0.1) is 5.10 Å². The maximum absolute atomic E-state index is 5.96. The second-order valence-electron chi connectivity index (χ2n) is 3.68. The lowest BCUT2D eigenvalue weighted by molar-refractivity contribution is 0.398. The first-order valence-corrected chi connectivity index (χ1v) is 5.80. The van der Waals surface area contributed by atoms with Crippen LogP contribution in [0, 0.1) is 0 Å². The molecule has 2 N–H and O–H groups in total. The van der Waals surface area contributed by atoms with E-state index in [1.807, 2.05) is 13.8 Å². The van der Waals surface area contributed by atoms with Gasteiger partial charge in [0.2, 0.25) is 5.88 Å². The summed E-state index contributed by atoms with van der Waals surface area (Å²) in [6.07, 6.45) is 2.91. The average molecular weight is 248 g/mol. The molecule has 0 saturated heterocycles. The smallest absolute Gasteiger partial charge is 0.242 e. The van der Waals surface area contributed by atoms with E-state index in [9.17, 15) is 0 Å². The SMILES string of the molecule is CCc1nc(CC)n(-c2ncnc(OC)c2N)n1. The number of nitrogens with two attached hydrogens (primary N) is 1. The van der Waals surface area contributed by atoms with Crippen molar-refractivity contribution in [3.8, 4) is 11.7 Å². The lowest BCUT2D eigenvalue weighted by Crippen LogP contribution is -2.10. The highest BCUT2D eigenvalue weighted by Gasteiger charge is 2.15. The van der Waals surface area contributed by atoms with Crippen LogP contribution in [-0.4, -0.2) is 31.8 Å². The van der Waals surface area contributed by atoms with Crippen molar-refractivity contribution in [1.82, 2.24) is 24.7 Å². The normalized spacial score (nSPS) is 10.6. The largest absolute Gasteiger partial charge is 0.479 e. The van der Waals surface area contributed by atoms with Crippen LogP contribution in [0.3, 0.4) is 0 Å². The number of nitrogens with zero attached hydrogens (tertiary/aromatic N) is 5. The highest BCUT2D eigenvalue weighted by molar-refractivity contribution is 5.59. The van der Waals surface area contributed by atoms with E-state index in [0.717, 1.165) is 24.5 Å². The van der Waals surface area contributed by atoms with E-state index in [4.69, 9.17) is 10.5 Å². The minimum Gasteiger partial charge on any atom is -0.479 e. The van der Waals surface area contributed by atoms with Gasteiger partial charge in [0.1, 0.15) is 17.8 Å². The van der Waals surface area contributed by atoms with E-state index in [-0.39, 0.29) is 0 Å². The van der Waals surface area contributed by atoms with Gasteiger partial charge in [-0.05, 0) is 0 Å². The van der Waals surface area contributed by atoms with Gasteiger partial charge in [0.05, 0.1) is 7.11 Å². The van der Waals surface area contributed by atoms with Gasteiger partial charge in [0.15, 0.2) is 11.6 Å². The topological polar surface area (TPSA) is 91.7 Å². The maximum atomic E-state index is 5.96. The molecule has 2 heterocycles. The van der Waals surface area contributed by atoms with Crippen LogP contribution in [0.15, 0.2) is 6.33 Å². The zero-order chi connectivity index (χ0) is 13.1. The van der Waals surface area contributed by atoms with Gasteiger partial charge in [0, 0.05) is 12.8 Å². The minimum absolute atomic E-state index is 0.343. The molecular formula is C11H16N6O. The Kier molecular flexibility index (Phi) is 3.40. The molecule has 0 amide bonds. The van der Waals surface area contributed by atoms with Crippen LogP contribution in [0.2, 0.25) is 0 Å². The van der Waals surface area contributed by atoms with Crippen LogP contribution >= 0.6 is 0 Å². The first-order chi connectivity index (χ1) is 8.71. The van der Waals surface area contributed by atoms with Gasteiger partial charge >= 0.3 is 0 Å². The Balaban J connectivity index is 2.57. The van der Waals surface area contributed by atoms with Crippen LogP contribution in [-0.2, 0) is 12.8 Å². The summed E-state index contributed by atoms with van der Waals surface area (Å²) in [5.74, 6) is 2.43. The summed E-state index contributed by atoms with van der Waals surface area (Å²) >= 11 is 0. The number of hydrogen-bond donors (Lipinski definition) is 1. The summed E-state index contributed by atoms with van der Waals surface area (Å²) in [5.41, 5.74) is 6.32. The van der Waals surface area contributed by atoms with E-state index in [1.54, 1.807) is 4.68 Å². The zero-order valence-electron chi connectivity index (χ0n) is 10.7. The van der Waals surface area contributed by atoms with Gasteiger partial charge in [-0.3, -0.25) is 0 Å². The van der Waals surface area contributed by atoms with E-state index >= 15 is 0 Å². The van der Waals surface area contributed by atoms with Crippen LogP contribution in [0.1, 0.15) is 25.5 Å². The Morgan fingerprint density at radius 1 is 1.28 bits per heavy atom. The van der Waals surface area contributed by atoms with Crippen LogP contribution in [0.5, 0.6) is 5.88 Å². The van der Waals surface area contributed by atoms with Crippen LogP contribution in [0.4, 0.5) is 5.69 Å². The number of anilines is 1. The molecule has 2 aromatic heterocycles. The monoisotopic (exact) mass is 248 g/mol. The maximum Gasteiger partial charge on any atom is 0.242 e. The van der Waals surface area contributed by atoms with Crippen molar-refractivity contribution in [1.29, 1.82) is 0 Å². The Bertz CT molecular complexity index is 550. The van der Waals surface area contributed by atoms with Gasteiger partial charge in [-0.25, -0.2) is 9.97 Å². The third-order valence-electron chi connectivity index (χ3n) is 2.57. The average Bonchev–Trinajstić information content (AvgIpc) is 2.82. The van der Waals surface area contributed by atoms with Crippen LogP contribution in [0.25, 0.3) is 5.82 Å². The molecule has 0 aliphatic rings. The van der Waals surface area contributed by atoms with Gasteiger partial charge in [-0.1, -0.05) is 13.8 Å². The summed E-state index contributed by atoms with van der Waals surface area (Å²) in [6, 6.07) is 0. The fourth-order valence-corrected chi connectivity index (χ4v) is 1.64. The Hall–Kier alpha value is -2.18. The highest BCUT2D eigenvalue weighted by Crippen LogP contribution is 2.23. The fourth-order valence-electron chi connectivity index (χ4n) is 1.64. The number of ether oxygens (including phenoxy) is 1. The number of aryl methyl sites for hydroxylation is 2. The van der Waals surface area contributed by atoms with Gasteiger partial charge < -0.3 is 10.5 Å². The molecular weight excluding hydrogens is 232 g/mol. The van der Waals surface area contributed by atoms with E-state index < -0.39 is 0 Å². The molecule has 0 fully saturated rings. The Morgan fingerprint density at radius 2 is 2.06 bits per heavy atom. The molecule has 0 aliphatic heterocycles. The molecule has 0 aromatic carbocycles. The summed E-state index contributed by atoms with van der Waals surface area (Å²) < 4.78 is 6.73. The third kappa shape index (κ3) is 1.99. The molecule has 0 spiro atoms. The lowest BCUT2D eigenvalue weighted by Gasteiger charge is -2.08. The first-order valence-electron chi connectivity index (χ1n) is 5.80. The predicted octanol–water partition coefficient (Wildman–Crippen LogP) is 0.773. The molecule has 0 aliphatic carbocycles. The van der Waals surface area contributed by atoms with Crippen molar-refractivity contribution < 1.29 is 4.74 Å². The molecule has 2 rings (SSSR count). The third-order valence-corrected chi connectivity index (χ3v) is 2.57. The molecule has 0 bridgehead atoms. The van der Waals surface area contributed by atoms with Crippen molar-refractivity contribution in [2.45, 2.75) is 26.7 Å². The van der Waals surface area contributed by atoms with Crippen molar-refractivity contribution in [3.63, 3.8) is 0 Å². The molecule has 0 saturated carbocycles. The summed E-state index contributed by atoms with van der Waals surface area (Å²) in [5, 5.41) is 4.39. The Labute approximate surface area is 105 Å². The molecule has 18 heavy (non-hydrogen) atoms. The molecule has 0 radical (unpaired) electrons. The van der Waals surface area contributed by atoms with E-state index in [2.05, 4.69) is 20.1 Å². The number of methoxy groups -OCH3 is 1. The molecule has 7 heteroatoms. The summed E-state index contributed by atoms with van der Waals surface area (Å²) in [4.78, 5) is 12.5. The first kappa shape index (κ1) is 12.3. The Morgan fingerprint density at radius 3 is 2.67 bits per heavy atom. The molecule has 0 atom stereocenters. The number of nitrogen functional groups attached to an aromatic ring is 1. The lowest BCUT2D eigenvalue weighted by atomic mass is 10.4. The van der Waals surface area contributed by atoms with E-state index in [0.29, 0.717) is 17.4 Å². The zero-order valence-corrected chi connectivity index (χ0v) is 10.7. The van der Waals surface area contributed by atoms with E-state index in [1.165, 1.54) is 13.4 Å². The molecule has 2 aromatic rings.